The van der Waals surface area contributed by atoms with Crippen molar-refractivity contribution in [3.63, 3.8) is 0 Å². The molecular weight excluding hydrogens is 181 g/mol. The summed E-state index contributed by atoms with van der Waals surface area (Å²) >= 11 is 0. The first-order chi connectivity index (χ1) is 3.00. The molecule has 0 heterocycles. The second-order valence-electron chi connectivity index (χ2n) is 0. The molecule has 0 saturated carbocycles. The van der Waals surface area contributed by atoms with Crippen molar-refractivity contribution in [3.05, 3.63) is 19.7 Å². The van der Waals surface area contributed by atoms with E-state index in [4.69, 9.17) is 35.5 Å². The molecule has 0 aromatic carbocycles. The van der Waals surface area contributed by atoms with Crippen LogP contribution in [0, 0.1) is 35.5 Å². The fourth-order valence-electron chi connectivity index (χ4n) is 0. The number of hydrogen-bond donors (Lipinski definition) is 0. The molecule has 1 radical (unpaired) electrons. The van der Waals surface area contributed by atoms with Gasteiger partial charge in [-0.2, -0.15) is 0 Å². The van der Waals surface area contributed by atoms with Crippen LogP contribution in [0.2, 0.25) is 0 Å². The summed E-state index contributed by atoms with van der Waals surface area (Å²) in [5, 5.41) is 18.8. The first-order valence-corrected chi connectivity index (χ1v) is 0.671. The minimum atomic E-state index is 0. The Bertz CT molecular complexity index is 43.0. The van der Waals surface area contributed by atoms with Crippen molar-refractivity contribution in [2.24, 2.45) is 0 Å². The third-order valence-corrected chi connectivity index (χ3v) is 0. The van der Waals surface area contributed by atoms with Crippen molar-refractivity contribution in [3.8, 4) is 0 Å². The zero-order valence-electron chi connectivity index (χ0n) is 4.14. The largest absolute Gasteiger partial charge is 2.00 e. The van der Waals surface area contributed by atoms with Crippen molar-refractivity contribution in [2.75, 3.05) is 0 Å². The summed E-state index contributed by atoms with van der Waals surface area (Å²) in [6.45, 7) is 14.2. The zero-order valence-corrected chi connectivity index (χ0v) is 8.21. The number of rotatable bonds is 0. The van der Waals surface area contributed by atoms with Gasteiger partial charge in [-0.1, -0.05) is 0 Å². The molecule has 0 rings (SSSR count). The van der Waals surface area contributed by atoms with E-state index in [-0.39, 0.29) is 68.5 Å². The standard InChI is InChI=1S/3CN.Cu.K/c3*1-2;;/q3*-1;+2;+1. The van der Waals surface area contributed by atoms with Crippen molar-refractivity contribution < 1.29 is 68.5 Å². The summed E-state index contributed by atoms with van der Waals surface area (Å²) in [6.07, 6.45) is 0. The summed E-state index contributed by atoms with van der Waals surface area (Å²) in [7, 11) is 0. The Morgan fingerprint density at radius 1 is 0.625 bits per heavy atom. The van der Waals surface area contributed by atoms with Crippen molar-refractivity contribution >= 4 is 0 Å². The van der Waals surface area contributed by atoms with E-state index in [2.05, 4.69) is 0 Å². The predicted molar refractivity (Wildman–Crippen MR) is 14.9 cm³/mol. The molecule has 0 aliphatic carbocycles. The van der Waals surface area contributed by atoms with Crippen LogP contribution in [0.25, 0.3) is 0 Å². The molecule has 0 spiro atoms. The van der Waals surface area contributed by atoms with E-state index < -0.39 is 0 Å². The Morgan fingerprint density at radius 3 is 0.625 bits per heavy atom. The maximum absolute atomic E-state index is 6.25. The van der Waals surface area contributed by atoms with Crippen LogP contribution >= 0.6 is 0 Å². The maximum atomic E-state index is 6.25. The average molecular weight is 181 g/mol. The molecule has 0 unspecified atom stereocenters. The molecule has 0 fully saturated rings. The third-order valence-electron chi connectivity index (χ3n) is 0. The van der Waals surface area contributed by atoms with Crippen LogP contribution in [0.15, 0.2) is 0 Å². The Hall–Kier alpha value is 0.626. The van der Waals surface area contributed by atoms with Crippen LogP contribution in [0.1, 0.15) is 0 Å². The monoisotopic (exact) mass is 180 g/mol. The minimum absolute atomic E-state index is 0. The number of hydrogen-bond acceptors (Lipinski definition) is 3. The second kappa shape index (κ2) is 855. The Labute approximate surface area is 102 Å². The van der Waals surface area contributed by atoms with E-state index in [1.54, 1.807) is 0 Å². The van der Waals surface area contributed by atoms with E-state index in [0.717, 1.165) is 0 Å². The molecule has 0 aliphatic rings. The smallest absolute Gasteiger partial charge is 0.512 e. The Balaban J connectivity index is -0.00000000500. The van der Waals surface area contributed by atoms with E-state index in [1.165, 1.54) is 0 Å². The average Bonchev–Trinajstić information content (AvgIpc) is 1.81. The second-order valence-corrected chi connectivity index (χ2v) is 0. The normalized spacial score (nSPS) is 0.750. The van der Waals surface area contributed by atoms with Crippen molar-refractivity contribution in [2.45, 2.75) is 0 Å². The molecule has 0 aromatic rings. The molecule has 0 bridgehead atoms. The van der Waals surface area contributed by atoms with Gasteiger partial charge in [0.05, 0.1) is 0 Å². The fraction of sp³-hybridized carbons (Fsp3) is 0. The molecule has 0 aromatic heterocycles. The van der Waals surface area contributed by atoms with E-state index in [9.17, 15) is 0 Å². The van der Waals surface area contributed by atoms with Gasteiger partial charge in [0.15, 0.2) is 0 Å². The summed E-state index contributed by atoms with van der Waals surface area (Å²) in [5.74, 6) is 0. The van der Waals surface area contributed by atoms with Crippen LogP contribution in [-0.2, 0) is 17.1 Å². The molecular formula is C3CuKN3. The van der Waals surface area contributed by atoms with Crippen LogP contribution in [0.3, 0.4) is 0 Å². The predicted octanol–water partition coefficient (Wildman–Crippen LogP) is -2.71. The molecule has 8 heavy (non-hydrogen) atoms. The van der Waals surface area contributed by atoms with Crippen molar-refractivity contribution in [1.82, 2.24) is 0 Å². The molecule has 0 N–H and O–H groups in total. The molecule has 5 heteroatoms. The summed E-state index contributed by atoms with van der Waals surface area (Å²) < 4.78 is 0. The van der Waals surface area contributed by atoms with Crippen LogP contribution in [0.5, 0.6) is 0 Å². The first kappa shape index (κ1) is 38.2. The molecule has 0 amide bonds. The Morgan fingerprint density at radius 2 is 0.625 bits per heavy atom. The summed E-state index contributed by atoms with van der Waals surface area (Å²) in [6, 6.07) is 0. The topological polar surface area (TPSA) is 71.4 Å². The van der Waals surface area contributed by atoms with E-state index in [0.29, 0.717) is 0 Å². The summed E-state index contributed by atoms with van der Waals surface area (Å²) in [5.41, 5.74) is 0. The first-order valence-electron chi connectivity index (χ1n) is 0.671. The molecule has 3 nitrogen and oxygen atoms in total. The van der Waals surface area contributed by atoms with Gasteiger partial charge in [0.2, 0.25) is 0 Å². The van der Waals surface area contributed by atoms with Gasteiger partial charge < -0.3 is 35.5 Å². The molecule has 0 aliphatic heterocycles. The fourth-order valence-corrected chi connectivity index (χ4v) is 0. The molecule has 0 atom stereocenters. The van der Waals surface area contributed by atoms with Gasteiger partial charge in [0.25, 0.3) is 0 Å². The zero-order chi connectivity index (χ0) is 6.00. The Kier molecular flexibility index (Phi) is 4080. The molecule has 0 saturated heterocycles. The minimum Gasteiger partial charge on any atom is -0.512 e. The third kappa shape index (κ3) is 535. The van der Waals surface area contributed by atoms with Gasteiger partial charge >= 0.3 is 68.5 Å². The van der Waals surface area contributed by atoms with Crippen LogP contribution in [-0.4, -0.2) is 0 Å². The van der Waals surface area contributed by atoms with E-state index >= 15 is 0 Å². The van der Waals surface area contributed by atoms with Gasteiger partial charge in [-0.05, 0) is 0 Å². The van der Waals surface area contributed by atoms with Crippen molar-refractivity contribution in [1.29, 1.82) is 15.8 Å². The number of nitrogens with zero attached hydrogens (tertiary/aromatic N) is 3. The van der Waals surface area contributed by atoms with Crippen LogP contribution < -0.4 is 51.4 Å². The van der Waals surface area contributed by atoms with E-state index in [1.807, 2.05) is 0 Å². The van der Waals surface area contributed by atoms with Gasteiger partial charge in [-0.15, -0.1) is 0 Å². The van der Waals surface area contributed by atoms with Gasteiger partial charge in [0, 0.05) is 0 Å². The summed E-state index contributed by atoms with van der Waals surface area (Å²) in [4.78, 5) is 0. The van der Waals surface area contributed by atoms with Gasteiger partial charge in [-0.3, -0.25) is 0 Å². The quantitative estimate of drug-likeness (QED) is 0.301. The van der Waals surface area contributed by atoms with Crippen LogP contribution in [0.4, 0.5) is 0 Å². The SMILES string of the molecule is [C-]#N.[C-]#N.[C-]#N.[Cu+2].[K+]. The van der Waals surface area contributed by atoms with Gasteiger partial charge in [-0.25, -0.2) is 0 Å². The maximum Gasteiger partial charge on any atom is 2.00 e. The molecule has 39 valence electrons. The van der Waals surface area contributed by atoms with Gasteiger partial charge in [0.1, 0.15) is 0 Å².